The summed E-state index contributed by atoms with van der Waals surface area (Å²) < 4.78 is 12.1. The fourth-order valence-corrected chi connectivity index (χ4v) is 14.9. The summed E-state index contributed by atoms with van der Waals surface area (Å²) in [5.74, 6) is 2.03. The molecule has 5 atom stereocenters. The van der Waals surface area contributed by atoms with Gasteiger partial charge >= 0.3 is 5.97 Å². The molecule has 0 aromatic rings. The summed E-state index contributed by atoms with van der Waals surface area (Å²) in [5, 5.41) is 0. The Balaban J connectivity index is 1.73. The van der Waals surface area contributed by atoms with Crippen LogP contribution in [-0.4, -0.2) is 27.5 Å². The van der Waals surface area contributed by atoms with Crippen LogP contribution in [0.3, 0.4) is 0 Å². The highest BCUT2D eigenvalue weighted by Crippen LogP contribution is 2.60. The molecule has 3 rings (SSSR count). The second-order valence-electron chi connectivity index (χ2n) is 14.4. The molecular formula is C35H60O3Si. The first-order chi connectivity index (χ1) is 18.4. The van der Waals surface area contributed by atoms with Crippen LogP contribution in [0.4, 0.5) is 0 Å². The van der Waals surface area contributed by atoms with Gasteiger partial charge in [-0.05, 0) is 110 Å². The van der Waals surface area contributed by atoms with Crippen molar-refractivity contribution < 1.29 is 14.0 Å². The second kappa shape index (κ2) is 13.7. The Hall–Kier alpha value is -1.13. The van der Waals surface area contributed by atoms with Crippen LogP contribution in [0.5, 0.6) is 0 Å². The molecule has 0 aromatic carbocycles. The summed E-state index contributed by atoms with van der Waals surface area (Å²) in [6.07, 6.45) is 17.6. The Labute approximate surface area is 242 Å². The molecule has 4 heteroatoms. The lowest BCUT2D eigenvalue weighted by Crippen LogP contribution is -2.50. The van der Waals surface area contributed by atoms with E-state index in [1.54, 1.807) is 5.57 Å². The molecule has 0 aliphatic heterocycles. The summed E-state index contributed by atoms with van der Waals surface area (Å²) >= 11 is 0. The maximum absolute atomic E-state index is 11.6. The lowest BCUT2D eigenvalue weighted by molar-refractivity contribution is -0.140. The van der Waals surface area contributed by atoms with Gasteiger partial charge in [-0.2, -0.15) is 0 Å². The average Bonchev–Trinajstić information content (AvgIpc) is 3.24. The predicted molar refractivity (Wildman–Crippen MR) is 168 cm³/mol. The molecule has 222 valence electrons. The van der Waals surface area contributed by atoms with Gasteiger partial charge in [-0.15, -0.1) is 0 Å². The molecule has 0 aromatic heterocycles. The van der Waals surface area contributed by atoms with E-state index in [-0.39, 0.29) is 5.97 Å². The van der Waals surface area contributed by atoms with Crippen LogP contribution in [0.15, 0.2) is 35.5 Å². The highest BCUT2D eigenvalue weighted by Gasteiger charge is 2.50. The number of ether oxygens (including phenoxy) is 1. The third kappa shape index (κ3) is 7.03. The fourth-order valence-electron chi connectivity index (χ4n) is 9.26. The summed E-state index contributed by atoms with van der Waals surface area (Å²) in [4.78, 5) is 11.6. The van der Waals surface area contributed by atoms with E-state index in [0.29, 0.717) is 46.4 Å². The van der Waals surface area contributed by atoms with Crippen molar-refractivity contribution in [2.75, 3.05) is 7.11 Å². The maximum atomic E-state index is 11.6. The number of methoxy groups -OCH3 is 1. The fraction of sp³-hybridized carbons (Fsp3) is 0.800. The Morgan fingerprint density at radius 1 is 1.03 bits per heavy atom. The van der Waals surface area contributed by atoms with Crippen molar-refractivity contribution in [3.05, 3.63) is 35.5 Å². The Kier molecular flexibility index (Phi) is 11.4. The number of hydrogen-bond acceptors (Lipinski definition) is 3. The van der Waals surface area contributed by atoms with Gasteiger partial charge in [0.25, 0.3) is 0 Å². The summed E-state index contributed by atoms with van der Waals surface area (Å²) in [6, 6.07) is 0. The number of hydrogen-bond donors (Lipinski definition) is 0. The molecule has 39 heavy (non-hydrogen) atoms. The molecule has 3 aliphatic rings. The zero-order valence-corrected chi connectivity index (χ0v) is 27.9. The van der Waals surface area contributed by atoms with Crippen LogP contribution in [0.1, 0.15) is 126 Å². The molecule has 3 nitrogen and oxygen atoms in total. The first-order valence-corrected chi connectivity index (χ1v) is 18.3. The van der Waals surface area contributed by atoms with Crippen LogP contribution < -0.4 is 0 Å². The van der Waals surface area contributed by atoms with Gasteiger partial charge in [0.15, 0.2) is 0 Å². The standard InChI is InChI=1S/C35H60O3Si/c1-24(2)39(25(3)4,26(5)6)38-31-19-16-27(7)30(23-31)18-17-29-14-12-22-35(9)32(20-21-33(29)35)28(8)13-11-15-34(36)37-10/h17-18,24-26,28,31-33H,7,11-16,19-23H2,1-6,8-10H3/b29-17+,30-18-/t28-,31+,32-,33+,35-/m1/s1. The average molecular weight is 557 g/mol. The van der Waals surface area contributed by atoms with E-state index >= 15 is 0 Å². The van der Waals surface area contributed by atoms with E-state index < -0.39 is 8.32 Å². The van der Waals surface area contributed by atoms with E-state index in [1.165, 1.54) is 50.4 Å². The summed E-state index contributed by atoms with van der Waals surface area (Å²) in [6.45, 7) is 23.8. The molecule has 0 heterocycles. The highest BCUT2D eigenvalue weighted by atomic mass is 28.4. The van der Waals surface area contributed by atoms with Gasteiger partial charge in [-0.3, -0.25) is 4.79 Å². The minimum absolute atomic E-state index is 0.0729. The van der Waals surface area contributed by atoms with Crippen molar-refractivity contribution in [3.63, 3.8) is 0 Å². The van der Waals surface area contributed by atoms with Gasteiger partial charge in [-0.1, -0.05) is 85.3 Å². The van der Waals surface area contributed by atoms with Crippen LogP contribution in [0.25, 0.3) is 0 Å². The molecule has 3 aliphatic carbocycles. The normalized spacial score (nSPS) is 31.0. The van der Waals surface area contributed by atoms with Crippen LogP contribution in [0.2, 0.25) is 16.6 Å². The first-order valence-electron chi connectivity index (χ1n) is 16.2. The minimum Gasteiger partial charge on any atom is -0.469 e. The van der Waals surface area contributed by atoms with Crippen LogP contribution in [-0.2, 0) is 14.0 Å². The van der Waals surface area contributed by atoms with Gasteiger partial charge in [0.05, 0.1) is 7.11 Å². The molecule has 0 spiro atoms. The predicted octanol–water partition coefficient (Wildman–Crippen LogP) is 10.3. The van der Waals surface area contributed by atoms with Crippen molar-refractivity contribution in [3.8, 4) is 0 Å². The van der Waals surface area contributed by atoms with Crippen molar-refractivity contribution in [2.45, 2.75) is 149 Å². The number of esters is 1. The zero-order chi connectivity index (χ0) is 29.0. The van der Waals surface area contributed by atoms with Gasteiger partial charge in [0, 0.05) is 12.5 Å². The molecule has 0 amide bonds. The monoisotopic (exact) mass is 556 g/mol. The summed E-state index contributed by atoms with van der Waals surface area (Å²) in [5.41, 5.74) is 6.67. The zero-order valence-electron chi connectivity index (χ0n) is 26.9. The molecule has 0 unspecified atom stereocenters. The molecule has 0 radical (unpaired) electrons. The smallest absolute Gasteiger partial charge is 0.305 e. The van der Waals surface area contributed by atoms with Crippen molar-refractivity contribution in [2.24, 2.45) is 23.2 Å². The Bertz CT molecular complexity index is 891. The molecule has 0 saturated heterocycles. The van der Waals surface area contributed by atoms with Gasteiger partial charge < -0.3 is 9.16 Å². The molecule has 0 bridgehead atoms. The van der Waals surface area contributed by atoms with E-state index in [4.69, 9.17) is 9.16 Å². The van der Waals surface area contributed by atoms with E-state index in [9.17, 15) is 4.79 Å². The number of fused-ring (bicyclic) bond motifs is 1. The Morgan fingerprint density at radius 2 is 1.69 bits per heavy atom. The maximum Gasteiger partial charge on any atom is 0.305 e. The van der Waals surface area contributed by atoms with Gasteiger partial charge in [0.2, 0.25) is 8.32 Å². The van der Waals surface area contributed by atoms with Gasteiger partial charge in [0.1, 0.15) is 0 Å². The highest BCUT2D eigenvalue weighted by molar-refractivity contribution is 6.77. The molecular weight excluding hydrogens is 496 g/mol. The lowest BCUT2D eigenvalue weighted by Gasteiger charge is -2.46. The molecule has 3 fully saturated rings. The Morgan fingerprint density at radius 3 is 2.31 bits per heavy atom. The topological polar surface area (TPSA) is 35.5 Å². The molecule has 3 saturated carbocycles. The lowest BCUT2D eigenvalue weighted by atomic mass is 9.60. The van der Waals surface area contributed by atoms with E-state index in [2.05, 4.69) is 74.1 Å². The number of allylic oxidation sites excluding steroid dienone is 4. The second-order valence-corrected chi connectivity index (χ2v) is 19.8. The van der Waals surface area contributed by atoms with Crippen molar-refractivity contribution >= 4 is 14.3 Å². The largest absolute Gasteiger partial charge is 0.469 e. The van der Waals surface area contributed by atoms with Crippen molar-refractivity contribution in [1.82, 2.24) is 0 Å². The third-order valence-corrected chi connectivity index (χ3v) is 17.4. The first kappa shape index (κ1) is 32.4. The number of carbonyl (C=O) groups excluding carboxylic acids is 1. The van der Waals surface area contributed by atoms with Crippen LogP contribution in [0, 0.1) is 23.2 Å². The summed E-state index contributed by atoms with van der Waals surface area (Å²) in [7, 11) is -0.391. The van der Waals surface area contributed by atoms with Crippen LogP contribution >= 0.6 is 0 Å². The van der Waals surface area contributed by atoms with E-state index in [0.717, 1.165) is 38.0 Å². The van der Waals surface area contributed by atoms with Gasteiger partial charge in [-0.25, -0.2) is 0 Å². The third-order valence-electron chi connectivity index (χ3n) is 11.2. The SMILES string of the molecule is C=C1CC[C@H](O[Si](C(C)C)(C(C)C)C(C)C)C/C1=C/C=C1\CCC[C@]2(C)[C@@H]([C@H](C)CCCC(=O)OC)CC[C@@H]12. The minimum atomic E-state index is -1.88. The number of rotatable bonds is 11. The molecule has 0 N–H and O–H groups in total. The van der Waals surface area contributed by atoms with E-state index in [1.807, 2.05) is 0 Å². The quantitative estimate of drug-likeness (QED) is 0.187. The number of carbonyl (C=O) groups is 1. The van der Waals surface area contributed by atoms with Crippen molar-refractivity contribution in [1.29, 1.82) is 0 Å².